The maximum absolute atomic E-state index is 13.2. The van der Waals surface area contributed by atoms with Crippen LogP contribution in [0, 0.1) is 0 Å². The monoisotopic (exact) mass is 468 g/mol. The van der Waals surface area contributed by atoms with Crippen molar-refractivity contribution in [3.05, 3.63) is 101 Å². The molecule has 1 atom stereocenters. The first kappa shape index (κ1) is 22.7. The van der Waals surface area contributed by atoms with Gasteiger partial charge in [-0.15, -0.1) is 0 Å². The summed E-state index contributed by atoms with van der Waals surface area (Å²) in [6.07, 6.45) is 3.51. The molecule has 0 radical (unpaired) electrons. The van der Waals surface area contributed by atoms with E-state index in [1.54, 1.807) is 11.2 Å². The van der Waals surface area contributed by atoms with Crippen LogP contribution in [0.2, 0.25) is 0 Å². The van der Waals surface area contributed by atoms with Crippen molar-refractivity contribution in [1.82, 2.24) is 20.4 Å². The number of aromatic nitrogens is 2. The Kier molecular flexibility index (Phi) is 6.23. The molecule has 0 spiro atoms. The minimum absolute atomic E-state index is 0.206. The van der Waals surface area contributed by atoms with E-state index in [4.69, 9.17) is 13.9 Å². The Morgan fingerprint density at radius 3 is 2.29 bits per heavy atom. The lowest BCUT2D eigenvalue weighted by Crippen LogP contribution is -2.45. The molecule has 0 saturated heterocycles. The highest BCUT2D eigenvalue weighted by atomic mass is 16.5. The van der Waals surface area contributed by atoms with Gasteiger partial charge >= 0.3 is 6.03 Å². The second kappa shape index (κ2) is 9.62. The summed E-state index contributed by atoms with van der Waals surface area (Å²) in [6, 6.07) is 19.4. The van der Waals surface area contributed by atoms with Crippen LogP contribution in [0.15, 0.2) is 81.6 Å². The first-order chi connectivity index (χ1) is 17.1. The van der Waals surface area contributed by atoms with Gasteiger partial charge in [0.25, 0.3) is 5.89 Å². The first-order valence-electron chi connectivity index (χ1n) is 11.9. The molecule has 7 nitrogen and oxygen atoms in total. The molecular formula is C28H28N4O3. The number of carbonyl (C=O) groups is 1. The number of hydrogen-bond donors (Lipinski definition) is 1. The van der Waals surface area contributed by atoms with Crippen LogP contribution in [0.25, 0.3) is 17.0 Å². The highest BCUT2D eigenvalue weighted by molar-refractivity contribution is 5.86. The van der Waals surface area contributed by atoms with Crippen LogP contribution in [0.5, 0.6) is 0 Å². The van der Waals surface area contributed by atoms with Crippen molar-refractivity contribution < 1.29 is 13.7 Å². The lowest BCUT2D eigenvalue weighted by molar-refractivity contribution is 0.199. The summed E-state index contributed by atoms with van der Waals surface area (Å²) in [6.45, 7) is 6.45. The zero-order chi connectivity index (χ0) is 24.4. The van der Waals surface area contributed by atoms with Gasteiger partial charge in [0, 0.05) is 11.3 Å². The maximum atomic E-state index is 13.2. The minimum Gasteiger partial charge on any atom is -0.467 e. The van der Waals surface area contributed by atoms with Crippen molar-refractivity contribution >= 4 is 11.6 Å². The number of carbonyl (C=O) groups excluding carboxylic acids is 1. The molecule has 0 fully saturated rings. The molecule has 178 valence electrons. The van der Waals surface area contributed by atoms with E-state index in [0.29, 0.717) is 24.0 Å². The van der Waals surface area contributed by atoms with Gasteiger partial charge < -0.3 is 14.3 Å². The van der Waals surface area contributed by atoms with Crippen LogP contribution in [0.4, 0.5) is 4.79 Å². The van der Waals surface area contributed by atoms with Crippen molar-refractivity contribution in [2.24, 2.45) is 0 Å². The summed E-state index contributed by atoms with van der Waals surface area (Å²) in [5.41, 5.74) is 5.82. The Hall–Kier alpha value is -4.13. The molecule has 0 aliphatic carbocycles. The summed E-state index contributed by atoms with van der Waals surface area (Å²) in [5.74, 6) is 1.58. The number of benzene rings is 2. The second-order valence-electron chi connectivity index (χ2n) is 8.62. The van der Waals surface area contributed by atoms with Crippen molar-refractivity contribution in [2.45, 2.75) is 46.2 Å². The van der Waals surface area contributed by atoms with Crippen LogP contribution >= 0.6 is 0 Å². The van der Waals surface area contributed by atoms with Gasteiger partial charge in [0.05, 0.1) is 24.4 Å². The molecule has 0 bridgehead atoms. The molecule has 2 amide bonds. The Morgan fingerprint density at radius 2 is 1.66 bits per heavy atom. The second-order valence-corrected chi connectivity index (χ2v) is 8.62. The van der Waals surface area contributed by atoms with Gasteiger partial charge in [0.2, 0.25) is 5.82 Å². The predicted octanol–water partition coefficient (Wildman–Crippen LogP) is 6.15. The van der Waals surface area contributed by atoms with Crippen molar-refractivity contribution in [1.29, 1.82) is 0 Å². The third-order valence-corrected chi connectivity index (χ3v) is 6.49. The number of nitrogens with zero attached hydrogens (tertiary/aromatic N) is 3. The van der Waals surface area contributed by atoms with E-state index in [9.17, 15) is 4.79 Å². The van der Waals surface area contributed by atoms with E-state index in [1.807, 2.05) is 43.3 Å². The highest BCUT2D eigenvalue weighted by Crippen LogP contribution is 2.38. The number of rotatable bonds is 7. The minimum atomic E-state index is -0.419. The topological polar surface area (TPSA) is 84.4 Å². The normalized spacial score (nSPS) is 16.0. The van der Waals surface area contributed by atoms with E-state index < -0.39 is 6.04 Å². The number of urea groups is 1. The Morgan fingerprint density at radius 1 is 0.971 bits per heavy atom. The molecule has 3 heterocycles. The molecule has 4 aromatic rings. The third-order valence-electron chi connectivity index (χ3n) is 6.49. The van der Waals surface area contributed by atoms with Gasteiger partial charge in [-0.05, 0) is 48.6 Å². The van der Waals surface area contributed by atoms with E-state index in [2.05, 4.69) is 48.6 Å². The molecule has 7 heteroatoms. The molecule has 1 aliphatic rings. The first-order valence-corrected chi connectivity index (χ1v) is 11.9. The number of aryl methyl sites for hydroxylation is 2. The molecule has 5 rings (SSSR count). The maximum Gasteiger partial charge on any atom is 0.322 e. The Balaban J connectivity index is 1.57. The van der Waals surface area contributed by atoms with Crippen molar-refractivity contribution in [3.63, 3.8) is 0 Å². The van der Waals surface area contributed by atoms with E-state index in [-0.39, 0.29) is 6.03 Å². The highest BCUT2D eigenvalue weighted by Gasteiger charge is 2.36. The molecule has 0 saturated carbocycles. The molecule has 1 aliphatic heterocycles. The summed E-state index contributed by atoms with van der Waals surface area (Å²) in [7, 11) is 0. The third kappa shape index (κ3) is 4.49. The Bertz CT molecular complexity index is 1340. The SMILES string of the molecule is CCc1ccc(-c2noc(C3=C(C)N(Cc4ccco4)C(=O)NC3c3ccc(CC)cc3)n2)cc1. The summed E-state index contributed by atoms with van der Waals surface area (Å²) >= 11 is 0. The molecule has 35 heavy (non-hydrogen) atoms. The van der Waals surface area contributed by atoms with E-state index >= 15 is 0 Å². The van der Waals surface area contributed by atoms with Crippen LogP contribution in [-0.2, 0) is 19.4 Å². The summed E-state index contributed by atoms with van der Waals surface area (Å²) < 4.78 is 11.3. The van der Waals surface area contributed by atoms with Gasteiger partial charge in [-0.25, -0.2) is 4.79 Å². The number of allylic oxidation sites excluding steroid dienone is 1. The zero-order valence-corrected chi connectivity index (χ0v) is 20.1. The average Bonchev–Trinajstić information content (AvgIpc) is 3.59. The summed E-state index contributed by atoms with van der Waals surface area (Å²) in [4.78, 5) is 19.6. The number of hydrogen-bond acceptors (Lipinski definition) is 5. The zero-order valence-electron chi connectivity index (χ0n) is 20.1. The van der Waals surface area contributed by atoms with E-state index in [0.717, 1.165) is 35.2 Å². The number of amides is 2. The molecule has 1 N–H and O–H groups in total. The van der Waals surface area contributed by atoms with Gasteiger partial charge in [-0.2, -0.15) is 4.98 Å². The summed E-state index contributed by atoms with van der Waals surface area (Å²) in [5, 5.41) is 7.39. The fourth-order valence-corrected chi connectivity index (χ4v) is 4.34. The lowest BCUT2D eigenvalue weighted by atomic mass is 9.93. The van der Waals surface area contributed by atoms with Crippen molar-refractivity contribution in [3.8, 4) is 11.4 Å². The van der Waals surface area contributed by atoms with Crippen LogP contribution in [0.3, 0.4) is 0 Å². The number of furan rings is 1. The average molecular weight is 469 g/mol. The van der Waals surface area contributed by atoms with Crippen molar-refractivity contribution in [2.75, 3.05) is 0 Å². The lowest BCUT2D eigenvalue weighted by Gasteiger charge is -2.34. The molecule has 2 aromatic carbocycles. The standard InChI is InChI=1S/C28H28N4O3/c1-4-19-8-12-21(13-9-19)25-24(18(3)32(28(33)29-25)17-23-7-6-16-34-23)27-30-26(31-35-27)22-14-10-20(5-2)11-15-22/h6-16,25H,4-5,17H2,1-3H3,(H,29,33). The van der Waals surface area contributed by atoms with Gasteiger partial charge in [0.15, 0.2) is 0 Å². The Labute approximate surface area is 204 Å². The van der Waals surface area contributed by atoms with Gasteiger partial charge in [-0.3, -0.25) is 4.90 Å². The van der Waals surface area contributed by atoms with Gasteiger partial charge in [0.1, 0.15) is 5.76 Å². The molecule has 1 unspecified atom stereocenters. The van der Waals surface area contributed by atoms with E-state index in [1.165, 1.54) is 11.1 Å². The number of nitrogens with one attached hydrogen (secondary N) is 1. The fourth-order valence-electron chi connectivity index (χ4n) is 4.34. The molecule has 2 aromatic heterocycles. The van der Waals surface area contributed by atoms with Crippen LogP contribution in [-0.4, -0.2) is 21.1 Å². The van der Waals surface area contributed by atoms with Crippen LogP contribution in [0.1, 0.15) is 55.2 Å². The fraction of sp³-hybridized carbons (Fsp3) is 0.250. The smallest absolute Gasteiger partial charge is 0.322 e. The van der Waals surface area contributed by atoms with Crippen LogP contribution < -0.4 is 5.32 Å². The molecular weight excluding hydrogens is 440 g/mol. The van der Waals surface area contributed by atoms with Gasteiger partial charge in [-0.1, -0.05) is 67.5 Å². The largest absolute Gasteiger partial charge is 0.467 e. The quantitative estimate of drug-likeness (QED) is 0.352. The predicted molar refractivity (Wildman–Crippen MR) is 133 cm³/mol.